The number of rotatable bonds is 2. The summed E-state index contributed by atoms with van der Waals surface area (Å²) in [6, 6.07) is 9.94. The Labute approximate surface area is 114 Å². The Bertz CT molecular complexity index is 633. The van der Waals surface area contributed by atoms with E-state index in [1.165, 1.54) is 31.3 Å². The van der Waals surface area contributed by atoms with E-state index in [2.05, 4.69) is 4.98 Å². The molecule has 0 saturated carbocycles. The summed E-state index contributed by atoms with van der Waals surface area (Å²) in [6.07, 6.45) is -3.00. The monoisotopic (exact) mass is 279 g/mol. The Morgan fingerprint density at radius 2 is 1.70 bits per heavy atom. The Balaban J connectivity index is 2.57. The van der Waals surface area contributed by atoms with Gasteiger partial charge >= 0.3 is 6.18 Å². The summed E-state index contributed by atoms with van der Waals surface area (Å²) < 4.78 is 38.8. The molecule has 0 aliphatic heterocycles. The molecular weight excluding hydrogens is 267 g/mol. The molecule has 0 bridgehead atoms. The average Bonchev–Trinajstić information content (AvgIpc) is 2.46. The van der Waals surface area contributed by atoms with Crippen LogP contribution < -0.4 is 0 Å². The number of pyridine rings is 1. The molecule has 104 valence electrons. The first kappa shape index (κ1) is 14.1. The summed E-state index contributed by atoms with van der Waals surface area (Å²) in [4.78, 5) is 4.02. The van der Waals surface area contributed by atoms with Crippen LogP contribution in [0.15, 0.2) is 48.7 Å². The molecule has 0 fully saturated rings. The molecule has 0 atom stereocenters. The second-order valence-electron chi connectivity index (χ2n) is 4.23. The maximum Gasteiger partial charge on any atom is 0.417 e. The first-order valence-corrected chi connectivity index (χ1v) is 5.89. The summed E-state index contributed by atoms with van der Waals surface area (Å²) in [5.41, 5.74) is -0.389. The van der Waals surface area contributed by atoms with Gasteiger partial charge in [-0.1, -0.05) is 24.3 Å². The molecular formula is C15H12F3NO. The van der Waals surface area contributed by atoms with Crippen LogP contribution in [0.5, 0.6) is 0 Å². The predicted molar refractivity (Wildman–Crippen MR) is 70.8 cm³/mol. The molecule has 0 spiro atoms. The van der Waals surface area contributed by atoms with Crippen LogP contribution in [0.4, 0.5) is 13.2 Å². The maximum atomic E-state index is 12.9. The van der Waals surface area contributed by atoms with Crippen molar-refractivity contribution in [3.63, 3.8) is 0 Å². The number of halogens is 3. The lowest BCUT2D eigenvalue weighted by molar-refractivity contribution is -0.137. The highest BCUT2D eigenvalue weighted by atomic mass is 19.4. The Kier molecular flexibility index (Phi) is 3.79. The quantitative estimate of drug-likeness (QED) is 0.818. The van der Waals surface area contributed by atoms with Crippen molar-refractivity contribution in [2.45, 2.75) is 13.1 Å². The number of aromatic nitrogens is 1. The zero-order valence-electron chi connectivity index (χ0n) is 10.6. The Hall–Kier alpha value is -2.30. The van der Waals surface area contributed by atoms with Crippen molar-refractivity contribution in [3.05, 3.63) is 65.5 Å². The van der Waals surface area contributed by atoms with Crippen molar-refractivity contribution in [2.75, 3.05) is 0 Å². The van der Waals surface area contributed by atoms with Crippen molar-refractivity contribution in [3.8, 4) is 0 Å². The number of aliphatic hydroxyl groups is 1. The van der Waals surface area contributed by atoms with Crippen molar-refractivity contribution in [1.82, 2.24) is 4.98 Å². The van der Waals surface area contributed by atoms with Gasteiger partial charge in [0.25, 0.3) is 0 Å². The van der Waals surface area contributed by atoms with Crippen molar-refractivity contribution in [1.29, 1.82) is 0 Å². The van der Waals surface area contributed by atoms with Crippen molar-refractivity contribution < 1.29 is 18.3 Å². The highest BCUT2D eigenvalue weighted by molar-refractivity contribution is 5.85. The number of hydrogen-bond acceptors (Lipinski definition) is 2. The third kappa shape index (κ3) is 2.82. The van der Waals surface area contributed by atoms with E-state index in [1.807, 2.05) is 0 Å². The third-order valence-corrected chi connectivity index (χ3v) is 2.89. The number of benzene rings is 1. The van der Waals surface area contributed by atoms with Crippen LogP contribution in [0.1, 0.15) is 23.7 Å². The average molecular weight is 279 g/mol. The van der Waals surface area contributed by atoms with Crippen LogP contribution >= 0.6 is 0 Å². The van der Waals surface area contributed by atoms with Crippen LogP contribution in [0, 0.1) is 0 Å². The fourth-order valence-electron chi connectivity index (χ4n) is 1.84. The molecule has 20 heavy (non-hydrogen) atoms. The standard InChI is InChI=1S/C15H12F3NO/c1-10(13-8-4-5-9-19-13)14(20)11-6-2-3-7-12(11)15(16,17)18/h2-9,20H,1H3/b14-10-. The fraction of sp³-hybridized carbons (Fsp3) is 0.133. The molecule has 0 aliphatic carbocycles. The molecule has 1 N–H and O–H groups in total. The van der Waals surface area contributed by atoms with Gasteiger partial charge in [-0.05, 0) is 25.1 Å². The summed E-state index contributed by atoms with van der Waals surface area (Å²) in [7, 11) is 0. The van der Waals surface area contributed by atoms with E-state index in [0.29, 0.717) is 11.3 Å². The second-order valence-corrected chi connectivity index (χ2v) is 4.23. The molecule has 1 aromatic heterocycles. The minimum Gasteiger partial charge on any atom is -0.507 e. The van der Waals surface area contributed by atoms with E-state index in [4.69, 9.17) is 0 Å². The molecule has 0 saturated heterocycles. The lowest BCUT2D eigenvalue weighted by Gasteiger charge is -2.13. The molecule has 2 aromatic rings. The normalized spacial score (nSPS) is 13.0. The van der Waals surface area contributed by atoms with Gasteiger partial charge in [0.05, 0.1) is 11.3 Å². The van der Waals surface area contributed by atoms with Crippen LogP contribution in [0.3, 0.4) is 0 Å². The fourth-order valence-corrected chi connectivity index (χ4v) is 1.84. The number of hydrogen-bond donors (Lipinski definition) is 1. The van der Waals surface area contributed by atoms with Gasteiger partial charge in [-0.3, -0.25) is 4.98 Å². The summed E-state index contributed by atoms with van der Waals surface area (Å²) in [5, 5.41) is 10.1. The number of nitrogens with zero attached hydrogens (tertiary/aromatic N) is 1. The lowest BCUT2D eigenvalue weighted by atomic mass is 10.0. The Morgan fingerprint density at radius 3 is 2.30 bits per heavy atom. The highest BCUT2D eigenvalue weighted by Gasteiger charge is 2.34. The Morgan fingerprint density at radius 1 is 1.05 bits per heavy atom. The zero-order chi connectivity index (χ0) is 14.8. The van der Waals surface area contributed by atoms with Gasteiger partial charge in [0, 0.05) is 17.3 Å². The number of alkyl halides is 3. The molecule has 2 nitrogen and oxygen atoms in total. The lowest BCUT2D eigenvalue weighted by Crippen LogP contribution is -2.09. The van der Waals surface area contributed by atoms with Gasteiger partial charge in [0.1, 0.15) is 5.76 Å². The van der Waals surface area contributed by atoms with Crippen LogP contribution in [0.2, 0.25) is 0 Å². The maximum absolute atomic E-state index is 12.9. The van der Waals surface area contributed by atoms with Gasteiger partial charge in [0.2, 0.25) is 0 Å². The van der Waals surface area contributed by atoms with E-state index in [1.54, 1.807) is 18.2 Å². The first-order chi connectivity index (χ1) is 9.41. The minimum absolute atomic E-state index is 0.247. The summed E-state index contributed by atoms with van der Waals surface area (Å²) in [6.45, 7) is 1.53. The van der Waals surface area contributed by atoms with Gasteiger partial charge in [-0.15, -0.1) is 0 Å². The molecule has 1 heterocycles. The molecule has 0 amide bonds. The van der Waals surface area contributed by atoms with E-state index >= 15 is 0 Å². The number of aliphatic hydroxyl groups excluding tert-OH is 1. The van der Waals surface area contributed by atoms with Crippen LogP contribution in [0.25, 0.3) is 11.3 Å². The predicted octanol–water partition coefficient (Wildman–Crippen LogP) is 4.55. The van der Waals surface area contributed by atoms with E-state index < -0.39 is 17.5 Å². The molecule has 1 aromatic carbocycles. The summed E-state index contributed by atoms with van der Waals surface area (Å²) in [5.74, 6) is -0.420. The molecule has 0 aliphatic rings. The topological polar surface area (TPSA) is 33.1 Å². The number of allylic oxidation sites excluding steroid dienone is 1. The summed E-state index contributed by atoms with van der Waals surface area (Å²) >= 11 is 0. The van der Waals surface area contributed by atoms with Gasteiger partial charge in [0.15, 0.2) is 0 Å². The van der Waals surface area contributed by atoms with Gasteiger partial charge in [-0.2, -0.15) is 13.2 Å². The molecule has 5 heteroatoms. The van der Waals surface area contributed by atoms with Gasteiger partial charge < -0.3 is 5.11 Å². The first-order valence-electron chi connectivity index (χ1n) is 5.89. The zero-order valence-corrected chi connectivity index (χ0v) is 10.6. The van der Waals surface area contributed by atoms with E-state index in [-0.39, 0.29) is 5.56 Å². The molecule has 2 rings (SSSR count). The van der Waals surface area contributed by atoms with Crippen molar-refractivity contribution in [2.24, 2.45) is 0 Å². The van der Waals surface area contributed by atoms with Crippen LogP contribution in [-0.2, 0) is 6.18 Å². The van der Waals surface area contributed by atoms with Crippen LogP contribution in [-0.4, -0.2) is 10.1 Å². The third-order valence-electron chi connectivity index (χ3n) is 2.89. The molecule has 0 unspecified atom stereocenters. The van der Waals surface area contributed by atoms with Gasteiger partial charge in [-0.25, -0.2) is 0 Å². The van der Waals surface area contributed by atoms with E-state index in [0.717, 1.165) is 6.07 Å². The largest absolute Gasteiger partial charge is 0.507 e. The van der Waals surface area contributed by atoms with E-state index in [9.17, 15) is 18.3 Å². The van der Waals surface area contributed by atoms with Crippen molar-refractivity contribution >= 4 is 11.3 Å². The second kappa shape index (κ2) is 5.36. The molecule has 0 radical (unpaired) electrons. The minimum atomic E-state index is -4.52. The SMILES string of the molecule is C/C(=C(/O)c1ccccc1C(F)(F)F)c1ccccn1. The smallest absolute Gasteiger partial charge is 0.417 e. The highest BCUT2D eigenvalue weighted by Crippen LogP contribution is 2.35.